The maximum absolute atomic E-state index is 11.7. The van der Waals surface area contributed by atoms with Crippen LogP contribution in [-0.4, -0.2) is 33.8 Å². The van der Waals surface area contributed by atoms with Crippen molar-refractivity contribution in [1.82, 2.24) is 10.0 Å². The summed E-state index contributed by atoms with van der Waals surface area (Å²) in [4.78, 5) is 0. The second kappa shape index (κ2) is 5.98. The highest BCUT2D eigenvalue weighted by Gasteiger charge is 2.23. The molecule has 0 saturated carbocycles. The molecule has 2 N–H and O–H groups in total. The molecule has 4 nitrogen and oxygen atoms in total. The van der Waals surface area contributed by atoms with E-state index in [-0.39, 0.29) is 11.7 Å². The van der Waals surface area contributed by atoms with Crippen molar-refractivity contribution in [3.63, 3.8) is 0 Å². The summed E-state index contributed by atoms with van der Waals surface area (Å²) in [7, 11) is -3.08. The molecule has 0 bridgehead atoms. The first-order valence-corrected chi connectivity index (χ1v) is 7.74. The van der Waals surface area contributed by atoms with Gasteiger partial charge in [0.25, 0.3) is 0 Å². The standard InChI is InChI=1S/C11H24N2O2S/c1-9(2)8-16(14,15)13-7-11-6-12-5-4-10(11)3/h9-13H,4-8H2,1-3H3. The van der Waals surface area contributed by atoms with E-state index >= 15 is 0 Å². The fraction of sp³-hybridized carbons (Fsp3) is 1.00. The molecular weight excluding hydrogens is 224 g/mol. The van der Waals surface area contributed by atoms with Crippen molar-refractivity contribution in [1.29, 1.82) is 0 Å². The molecule has 2 unspecified atom stereocenters. The van der Waals surface area contributed by atoms with Crippen LogP contribution in [0, 0.1) is 17.8 Å². The SMILES string of the molecule is CC(C)CS(=O)(=O)NCC1CNCCC1C. The van der Waals surface area contributed by atoms with Gasteiger partial charge in [-0.3, -0.25) is 0 Å². The molecule has 0 aromatic rings. The summed E-state index contributed by atoms with van der Waals surface area (Å²) in [5, 5.41) is 3.31. The van der Waals surface area contributed by atoms with E-state index in [4.69, 9.17) is 0 Å². The van der Waals surface area contributed by atoms with Gasteiger partial charge in [0, 0.05) is 6.54 Å². The molecule has 5 heteroatoms. The maximum Gasteiger partial charge on any atom is 0.211 e. The third-order valence-electron chi connectivity index (χ3n) is 3.11. The average molecular weight is 248 g/mol. The van der Waals surface area contributed by atoms with Gasteiger partial charge in [0.15, 0.2) is 0 Å². The number of sulfonamides is 1. The molecule has 0 aromatic heterocycles. The van der Waals surface area contributed by atoms with E-state index in [0.717, 1.165) is 19.5 Å². The van der Waals surface area contributed by atoms with Gasteiger partial charge in [-0.15, -0.1) is 0 Å². The Morgan fingerprint density at radius 1 is 1.44 bits per heavy atom. The molecule has 1 heterocycles. The van der Waals surface area contributed by atoms with Crippen LogP contribution in [-0.2, 0) is 10.0 Å². The van der Waals surface area contributed by atoms with Crippen molar-refractivity contribution in [3.8, 4) is 0 Å². The zero-order valence-electron chi connectivity index (χ0n) is 10.5. The van der Waals surface area contributed by atoms with Crippen LogP contribution in [0.1, 0.15) is 27.2 Å². The summed E-state index contributed by atoms with van der Waals surface area (Å²) in [6, 6.07) is 0. The smallest absolute Gasteiger partial charge is 0.211 e. The van der Waals surface area contributed by atoms with Crippen molar-refractivity contribution in [2.45, 2.75) is 27.2 Å². The third-order valence-corrected chi connectivity index (χ3v) is 4.82. The van der Waals surface area contributed by atoms with Crippen molar-refractivity contribution >= 4 is 10.0 Å². The number of hydrogen-bond donors (Lipinski definition) is 2. The van der Waals surface area contributed by atoms with E-state index in [1.54, 1.807) is 0 Å². The van der Waals surface area contributed by atoms with Crippen LogP contribution in [0.2, 0.25) is 0 Å². The summed E-state index contributed by atoms with van der Waals surface area (Å²) in [6.07, 6.45) is 1.14. The van der Waals surface area contributed by atoms with Gasteiger partial charge in [-0.2, -0.15) is 0 Å². The molecule has 1 aliphatic rings. The highest BCUT2D eigenvalue weighted by Crippen LogP contribution is 2.17. The Bertz CT molecular complexity index is 301. The molecule has 1 saturated heterocycles. The first-order chi connectivity index (χ1) is 7.41. The van der Waals surface area contributed by atoms with E-state index in [9.17, 15) is 8.42 Å². The molecule has 1 rings (SSSR count). The van der Waals surface area contributed by atoms with E-state index < -0.39 is 10.0 Å². The van der Waals surface area contributed by atoms with E-state index in [2.05, 4.69) is 17.0 Å². The van der Waals surface area contributed by atoms with Crippen LogP contribution in [0.4, 0.5) is 0 Å². The zero-order chi connectivity index (χ0) is 12.2. The molecule has 1 aliphatic heterocycles. The Morgan fingerprint density at radius 2 is 2.12 bits per heavy atom. The predicted octanol–water partition coefficient (Wildman–Crippen LogP) is 0.807. The van der Waals surface area contributed by atoms with Crippen LogP contribution in [0.5, 0.6) is 0 Å². The predicted molar refractivity (Wildman–Crippen MR) is 66.8 cm³/mol. The van der Waals surface area contributed by atoms with E-state index in [0.29, 0.717) is 18.4 Å². The first kappa shape index (κ1) is 13.9. The van der Waals surface area contributed by atoms with Crippen LogP contribution in [0.25, 0.3) is 0 Å². The van der Waals surface area contributed by atoms with Crippen molar-refractivity contribution in [3.05, 3.63) is 0 Å². The largest absolute Gasteiger partial charge is 0.316 e. The van der Waals surface area contributed by atoms with E-state index in [1.165, 1.54) is 0 Å². The lowest BCUT2D eigenvalue weighted by Gasteiger charge is -2.29. The van der Waals surface area contributed by atoms with Crippen molar-refractivity contribution < 1.29 is 8.42 Å². The summed E-state index contributed by atoms with van der Waals surface area (Å²) in [5.74, 6) is 1.43. The Kier molecular flexibility index (Phi) is 5.21. The lowest BCUT2D eigenvalue weighted by molar-refractivity contribution is 0.275. The normalized spacial score (nSPS) is 27.2. The molecule has 1 fully saturated rings. The van der Waals surface area contributed by atoms with Gasteiger partial charge in [0.1, 0.15) is 0 Å². The van der Waals surface area contributed by atoms with E-state index in [1.807, 2.05) is 13.8 Å². The highest BCUT2D eigenvalue weighted by atomic mass is 32.2. The van der Waals surface area contributed by atoms with Gasteiger partial charge < -0.3 is 5.32 Å². The molecule has 0 aromatic carbocycles. The van der Waals surface area contributed by atoms with Crippen LogP contribution in [0.15, 0.2) is 0 Å². The Hall–Kier alpha value is -0.130. The third kappa shape index (κ3) is 4.80. The minimum absolute atomic E-state index is 0.180. The van der Waals surface area contributed by atoms with Gasteiger partial charge in [0.05, 0.1) is 5.75 Å². The summed E-state index contributed by atoms with van der Waals surface area (Å²) in [5.41, 5.74) is 0. The molecule has 0 radical (unpaired) electrons. The summed E-state index contributed by atoms with van der Waals surface area (Å²) in [6.45, 7) is 8.58. The van der Waals surface area contributed by atoms with Gasteiger partial charge >= 0.3 is 0 Å². The minimum atomic E-state index is -3.08. The summed E-state index contributed by atoms with van der Waals surface area (Å²) < 4.78 is 26.0. The fourth-order valence-electron chi connectivity index (χ4n) is 2.06. The van der Waals surface area contributed by atoms with Gasteiger partial charge in [0.2, 0.25) is 10.0 Å². The zero-order valence-corrected chi connectivity index (χ0v) is 11.3. The van der Waals surface area contributed by atoms with Crippen molar-refractivity contribution in [2.24, 2.45) is 17.8 Å². The van der Waals surface area contributed by atoms with Gasteiger partial charge in [-0.05, 0) is 37.3 Å². The molecular formula is C11H24N2O2S. The molecule has 0 spiro atoms. The maximum atomic E-state index is 11.7. The first-order valence-electron chi connectivity index (χ1n) is 6.09. The number of hydrogen-bond acceptors (Lipinski definition) is 3. The summed E-state index contributed by atoms with van der Waals surface area (Å²) >= 11 is 0. The van der Waals surface area contributed by atoms with Crippen LogP contribution < -0.4 is 10.0 Å². The second-order valence-corrected chi connectivity index (χ2v) is 7.11. The van der Waals surface area contributed by atoms with Crippen molar-refractivity contribution in [2.75, 3.05) is 25.4 Å². The lowest BCUT2D eigenvalue weighted by atomic mass is 9.88. The molecule has 2 atom stereocenters. The molecule has 0 aliphatic carbocycles. The topological polar surface area (TPSA) is 58.2 Å². The minimum Gasteiger partial charge on any atom is -0.316 e. The lowest BCUT2D eigenvalue weighted by Crippen LogP contribution is -2.43. The second-order valence-electron chi connectivity index (χ2n) is 5.25. The fourth-order valence-corrected chi connectivity index (χ4v) is 3.52. The Morgan fingerprint density at radius 3 is 2.69 bits per heavy atom. The van der Waals surface area contributed by atoms with Gasteiger partial charge in [-0.25, -0.2) is 13.1 Å². The number of rotatable bonds is 5. The van der Waals surface area contributed by atoms with Crippen LogP contribution >= 0.6 is 0 Å². The highest BCUT2D eigenvalue weighted by molar-refractivity contribution is 7.89. The molecule has 0 amide bonds. The average Bonchev–Trinajstić information content (AvgIpc) is 2.14. The number of nitrogens with one attached hydrogen (secondary N) is 2. The van der Waals surface area contributed by atoms with Gasteiger partial charge in [-0.1, -0.05) is 20.8 Å². The molecule has 16 heavy (non-hydrogen) atoms. The Balaban J connectivity index is 2.38. The quantitative estimate of drug-likeness (QED) is 0.757. The van der Waals surface area contributed by atoms with Crippen LogP contribution in [0.3, 0.4) is 0 Å². The molecule has 96 valence electrons. The monoisotopic (exact) mass is 248 g/mol. The number of piperidine rings is 1. The Labute approximate surface area is 99.2 Å².